The van der Waals surface area contributed by atoms with E-state index in [4.69, 9.17) is 16.2 Å². The van der Waals surface area contributed by atoms with Gasteiger partial charge < -0.3 is 21.5 Å². The van der Waals surface area contributed by atoms with Crippen LogP contribution in [0.15, 0.2) is 24.3 Å². The summed E-state index contributed by atoms with van der Waals surface area (Å²) in [7, 11) is 0. The lowest BCUT2D eigenvalue weighted by Gasteiger charge is -2.17. The Balaban J connectivity index is 2.58. The number of nitrogens with two attached hydrogens (primary N) is 2. The SMILES string of the molecule is CC(C)CC(CN)C(=O)Nc1ccc(OCC(N)=O)cc1. The van der Waals surface area contributed by atoms with Crippen LogP contribution in [0.3, 0.4) is 0 Å². The molecule has 0 aromatic heterocycles. The second-order valence-electron chi connectivity index (χ2n) is 5.33. The van der Waals surface area contributed by atoms with Crippen molar-refractivity contribution in [3.63, 3.8) is 0 Å². The number of amides is 2. The molecule has 116 valence electrons. The molecule has 5 N–H and O–H groups in total. The molecule has 0 saturated carbocycles. The minimum absolute atomic E-state index is 0.0861. The molecule has 6 heteroatoms. The minimum atomic E-state index is -0.535. The lowest BCUT2D eigenvalue weighted by Crippen LogP contribution is -2.30. The van der Waals surface area contributed by atoms with Crippen LogP contribution >= 0.6 is 0 Å². The van der Waals surface area contributed by atoms with E-state index in [1.165, 1.54) is 0 Å². The van der Waals surface area contributed by atoms with Crippen molar-refractivity contribution in [3.8, 4) is 5.75 Å². The number of primary amides is 1. The summed E-state index contributed by atoms with van der Waals surface area (Å²) in [6.07, 6.45) is 0.752. The normalized spacial score (nSPS) is 12.0. The summed E-state index contributed by atoms with van der Waals surface area (Å²) in [6.45, 7) is 4.26. The molecular weight excluding hydrogens is 270 g/mol. The van der Waals surface area contributed by atoms with Crippen molar-refractivity contribution in [1.29, 1.82) is 0 Å². The predicted octanol–water partition coefficient (Wildman–Crippen LogP) is 1.11. The molecule has 0 aliphatic heterocycles. The fourth-order valence-corrected chi connectivity index (χ4v) is 1.91. The minimum Gasteiger partial charge on any atom is -0.484 e. The third kappa shape index (κ3) is 6.27. The number of rotatable bonds is 8. The first-order valence-electron chi connectivity index (χ1n) is 6.94. The van der Waals surface area contributed by atoms with Gasteiger partial charge in [0.15, 0.2) is 6.61 Å². The van der Waals surface area contributed by atoms with Gasteiger partial charge in [0.2, 0.25) is 5.91 Å². The Kier molecular flexibility index (Phi) is 6.68. The average molecular weight is 293 g/mol. The molecule has 1 unspecified atom stereocenters. The van der Waals surface area contributed by atoms with E-state index in [9.17, 15) is 9.59 Å². The molecule has 0 saturated heterocycles. The zero-order valence-electron chi connectivity index (χ0n) is 12.5. The Hall–Kier alpha value is -2.08. The summed E-state index contributed by atoms with van der Waals surface area (Å²) in [5.74, 6) is 0.109. The average Bonchev–Trinajstić information content (AvgIpc) is 2.43. The molecule has 0 fully saturated rings. The second-order valence-corrected chi connectivity index (χ2v) is 5.33. The number of hydrogen-bond acceptors (Lipinski definition) is 4. The maximum absolute atomic E-state index is 12.1. The molecule has 2 amide bonds. The van der Waals surface area contributed by atoms with Gasteiger partial charge in [-0.3, -0.25) is 9.59 Å². The molecule has 1 aromatic carbocycles. The van der Waals surface area contributed by atoms with Gasteiger partial charge in [0.05, 0.1) is 5.92 Å². The molecular formula is C15H23N3O3. The van der Waals surface area contributed by atoms with Gasteiger partial charge in [0, 0.05) is 12.2 Å². The molecule has 0 radical (unpaired) electrons. The molecule has 0 aliphatic carbocycles. The van der Waals surface area contributed by atoms with Crippen molar-refractivity contribution in [2.75, 3.05) is 18.5 Å². The van der Waals surface area contributed by atoms with Crippen LogP contribution in [0.2, 0.25) is 0 Å². The molecule has 6 nitrogen and oxygen atoms in total. The van der Waals surface area contributed by atoms with E-state index >= 15 is 0 Å². The van der Waals surface area contributed by atoms with Gasteiger partial charge >= 0.3 is 0 Å². The topological polar surface area (TPSA) is 107 Å². The molecule has 0 heterocycles. The van der Waals surface area contributed by atoms with Gasteiger partial charge in [-0.15, -0.1) is 0 Å². The first kappa shape index (κ1) is 17.0. The molecule has 0 aliphatic rings. The zero-order valence-corrected chi connectivity index (χ0v) is 12.5. The predicted molar refractivity (Wildman–Crippen MR) is 81.8 cm³/mol. The molecule has 1 aromatic rings. The Labute approximate surface area is 124 Å². The highest BCUT2D eigenvalue weighted by atomic mass is 16.5. The fraction of sp³-hybridized carbons (Fsp3) is 0.467. The Morgan fingerprint density at radius 1 is 1.24 bits per heavy atom. The van der Waals surface area contributed by atoms with E-state index in [-0.39, 0.29) is 18.4 Å². The highest BCUT2D eigenvalue weighted by Gasteiger charge is 2.18. The number of hydrogen-bond donors (Lipinski definition) is 3. The van der Waals surface area contributed by atoms with Crippen molar-refractivity contribution >= 4 is 17.5 Å². The summed E-state index contributed by atoms with van der Waals surface area (Å²) < 4.78 is 5.14. The standard InChI is InChI=1S/C15H23N3O3/c1-10(2)7-11(8-16)15(20)18-12-3-5-13(6-4-12)21-9-14(17)19/h3-6,10-11H,7-9,16H2,1-2H3,(H2,17,19)(H,18,20). The lowest BCUT2D eigenvalue weighted by molar-refractivity contribution is -0.120. The van der Waals surface area contributed by atoms with Crippen molar-refractivity contribution in [3.05, 3.63) is 24.3 Å². The molecule has 1 atom stereocenters. The second kappa shape index (κ2) is 8.26. The van der Waals surface area contributed by atoms with Gasteiger partial charge in [-0.05, 0) is 36.6 Å². The number of carbonyl (C=O) groups excluding carboxylic acids is 2. The van der Waals surface area contributed by atoms with Crippen LogP contribution in [0, 0.1) is 11.8 Å². The first-order valence-corrected chi connectivity index (χ1v) is 6.94. The van der Waals surface area contributed by atoms with Crippen molar-refractivity contribution < 1.29 is 14.3 Å². The largest absolute Gasteiger partial charge is 0.484 e. The summed E-state index contributed by atoms with van der Waals surface area (Å²) in [5.41, 5.74) is 11.3. The van der Waals surface area contributed by atoms with E-state index in [1.807, 2.05) is 0 Å². The molecule has 0 bridgehead atoms. The Morgan fingerprint density at radius 2 is 1.86 bits per heavy atom. The van der Waals surface area contributed by atoms with E-state index in [2.05, 4.69) is 19.2 Å². The Bertz CT molecular complexity index is 472. The number of nitrogens with one attached hydrogen (secondary N) is 1. The van der Waals surface area contributed by atoms with Crippen molar-refractivity contribution in [2.24, 2.45) is 23.3 Å². The number of anilines is 1. The smallest absolute Gasteiger partial charge is 0.255 e. The van der Waals surface area contributed by atoms with Crippen LogP contribution in [0.25, 0.3) is 0 Å². The van der Waals surface area contributed by atoms with Crippen molar-refractivity contribution in [2.45, 2.75) is 20.3 Å². The van der Waals surface area contributed by atoms with Gasteiger partial charge in [0.1, 0.15) is 5.75 Å². The van der Waals surface area contributed by atoms with E-state index in [1.54, 1.807) is 24.3 Å². The third-order valence-electron chi connectivity index (χ3n) is 2.91. The Morgan fingerprint density at radius 3 is 2.33 bits per heavy atom. The maximum Gasteiger partial charge on any atom is 0.255 e. The lowest BCUT2D eigenvalue weighted by atomic mass is 9.96. The quantitative estimate of drug-likeness (QED) is 0.667. The summed E-state index contributed by atoms with van der Waals surface area (Å²) in [6, 6.07) is 6.74. The number of benzene rings is 1. The van der Waals surface area contributed by atoms with Gasteiger partial charge in [0.25, 0.3) is 5.91 Å². The zero-order chi connectivity index (χ0) is 15.8. The fourth-order valence-electron chi connectivity index (χ4n) is 1.91. The van der Waals surface area contributed by atoms with E-state index in [0.29, 0.717) is 23.9 Å². The third-order valence-corrected chi connectivity index (χ3v) is 2.91. The monoisotopic (exact) mass is 293 g/mol. The first-order chi connectivity index (χ1) is 9.92. The van der Waals surface area contributed by atoms with Gasteiger partial charge in [-0.25, -0.2) is 0 Å². The van der Waals surface area contributed by atoms with Crippen LogP contribution in [-0.4, -0.2) is 25.0 Å². The van der Waals surface area contributed by atoms with Crippen molar-refractivity contribution in [1.82, 2.24) is 0 Å². The van der Waals surface area contributed by atoms with E-state index < -0.39 is 5.91 Å². The summed E-state index contributed by atoms with van der Waals surface area (Å²) in [4.78, 5) is 22.7. The van der Waals surface area contributed by atoms with Crippen LogP contribution in [0.5, 0.6) is 5.75 Å². The highest BCUT2D eigenvalue weighted by molar-refractivity contribution is 5.92. The van der Waals surface area contributed by atoms with Crippen LogP contribution in [-0.2, 0) is 9.59 Å². The molecule has 0 spiro atoms. The maximum atomic E-state index is 12.1. The summed E-state index contributed by atoms with van der Waals surface area (Å²) >= 11 is 0. The number of ether oxygens (including phenoxy) is 1. The number of carbonyl (C=O) groups is 2. The van der Waals surface area contributed by atoms with Crippen LogP contribution < -0.4 is 21.5 Å². The van der Waals surface area contributed by atoms with Gasteiger partial charge in [-0.2, -0.15) is 0 Å². The molecule has 21 heavy (non-hydrogen) atoms. The summed E-state index contributed by atoms with van der Waals surface area (Å²) in [5, 5.41) is 2.82. The van der Waals surface area contributed by atoms with E-state index in [0.717, 1.165) is 6.42 Å². The van der Waals surface area contributed by atoms with Crippen LogP contribution in [0.1, 0.15) is 20.3 Å². The van der Waals surface area contributed by atoms with Crippen LogP contribution in [0.4, 0.5) is 5.69 Å². The highest BCUT2D eigenvalue weighted by Crippen LogP contribution is 2.18. The van der Waals surface area contributed by atoms with Gasteiger partial charge in [-0.1, -0.05) is 13.8 Å². The molecule has 1 rings (SSSR count).